The number of carbonyl (C=O) groups excluding carboxylic acids is 1. The third-order valence-electron chi connectivity index (χ3n) is 3.37. The van der Waals surface area contributed by atoms with Crippen LogP contribution >= 0.6 is 11.6 Å². The van der Waals surface area contributed by atoms with Crippen LogP contribution in [-0.2, 0) is 10.1 Å². The van der Waals surface area contributed by atoms with Crippen molar-refractivity contribution >= 4 is 63.0 Å². The van der Waals surface area contributed by atoms with Gasteiger partial charge in [-0.2, -0.15) is 8.42 Å². The van der Waals surface area contributed by atoms with Crippen LogP contribution in [0.4, 0.5) is 10.5 Å². The van der Waals surface area contributed by atoms with Crippen LogP contribution in [0.25, 0.3) is 0 Å². The molecule has 0 aromatic heterocycles. The maximum atomic E-state index is 11.9. The normalized spacial score (nSPS) is 15.7. The predicted molar refractivity (Wildman–Crippen MR) is 87.4 cm³/mol. The molecule has 0 radical (unpaired) electrons. The number of anilines is 1. The van der Waals surface area contributed by atoms with Crippen molar-refractivity contribution in [1.82, 2.24) is 5.32 Å². The van der Waals surface area contributed by atoms with E-state index in [4.69, 9.17) is 16.2 Å². The second kappa shape index (κ2) is 8.52. The molecule has 1 aliphatic carbocycles. The first-order valence-corrected chi connectivity index (χ1v) is 8.52. The Morgan fingerprint density at radius 3 is 2.41 bits per heavy atom. The van der Waals surface area contributed by atoms with Crippen molar-refractivity contribution in [2.45, 2.75) is 43.0 Å². The fourth-order valence-electron chi connectivity index (χ4n) is 2.38. The number of hydrogen-bond acceptors (Lipinski definition) is 3. The third-order valence-corrected chi connectivity index (χ3v) is 4.42. The Balaban J connectivity index is 0.00000242. The molecule has 0 atom stereocenters. The number of benzene rings is 1. The van der Waals surface area contributed by atoms with Gasteiger partial charge in [-0.05, 0) is 31.0 Å². The van der Waals surface area contributed by atoms with E-state index in [9.17, 15) is 13.2 Å². The Hall–Kier alpha value is -0.310. The second-order valence-corrected chi connectivity index (χ2v) is 6.94. The van der Waals surface area contributed by atoms with Crippen LogP contribution in [0.15, 0.2) is 23.1 Å². The molecule has 2 rings (SSSR count). The molecular formula is C13H18ClN2NaO4S. The van der Waals surface area contributed by atoms with E-state index in [-0.39, 0.29) is 51.2 Å². The van der Waals surface area contributed by atoms with Crippen molar-refractivity contribution in [2.75, 3.05) is 5.32 Å². The van der Waals surface area contributed by atoms with Crippen molar-refractivity contribution < 1.29 is 17.8 Å². The zero-order valence-electron chi connectivity index (χ0n) is 11.3. The molecular weight excluding hydrogens is 339 g/mol. The molecule has 0 saturated heterocycles. The quantitative estimate of drug-likeness (QED) is 0.572. The number of carbonyl (C=O) groups is 1. The third kappa shape index (κ3) is 6.06. The molecule has 1 saturated carbocycles. The monoisotopic (exact) mass is 356 g/mol. The van der Waals surface area contributed by atoms with E-state index in [2.05, 4.69) is 10.6 Å². The molecule has 1 aliphatic rings. The molecule has 1 aromatic carbocycles. The van der Waals surface area contributed by atoms with Gasteiger partial charge in [0, 0.05) is 16.8 Å². The first-order chi connectivity index (χ1) is 9.84. The minimum absolute atomic E-state index is 0. The summed E-state index contributed by atoms with van der Waals surface area (Å²) in [5, 5.41) is 5.48. The van der Waals surface area contributed by atoms with E-state index >= 15 is 0 Å². The summed E-state index contributed by atoms with van der Waals surface area (Å²) in [6, 6.07) is 3.41. The fourth-order valence-corrected chi connectivity index (χ4v) is 3.23. The molecule has 0 unspecified atom stereocenters. The zero-order valence-corrected chi connectivity index (χ0v) is 12.9. The van der Waals surface area contributed by atoms with Gasteiger partial charge >= 0.3 is 35.6 Å². The first-order valence-electron chi connectivity index (χ1n) is 6.70. The van der Waals surface area contributed by atoms with E-state index in [0.29, 0.717) is 0 Å². The van der Waals surface area contributed by atoms with E-state index in [1.54, 1.807) is 0 Å². The molecule has 1 aromatic rings. The van der Waals surface area contributed by atoms with Gasteiger partial charge in [0.1, 0.15) is 0 Å². The Morgan fingerprint density at radius 1 is 1.18 bits per heavy atom. The van der Waals surface area contributed by atoms with E-state index in [1.165, 1.54) is 12.5 Å². The summed E-state index contributed by atoms with van der Waals surface area (Å²) in [4.78, 5) is 11.5. The first kappa shape index (κ1) is 19.7. The van der Waals surface area contributed by atoms with Crippen LogP contribution in [-0.4, -0.2) is 54.6 Å². The number of amides is 2. The van der Waals surface area contributed by atoms with E-state index < -0.39 is 16.1 Å². The topological polar surface area (TPSA) is 95.5 Å². The van der Waals surface area contributed by atoms with Crippen LogP contribution in [0.3, 0.4) is 0 Å². The molecule has 22 heavy (non-hydrogen) atoms. The molecule has 0 spiro atoms. The molecule has 0 heterocycles. The summed E-state index contributed by atoms with van der Waals surface area (Å²) in [5.41, 5.74) is 0.212. The van der Waals surface area contributed by atoms with Crippen LogP contribution in [0.2, 0.25) is 5.02 Å². The van der Waals surface area contributed by atoms with Gasteiger partial charge in [0.05, 0.1) is 4.90 Å². The molecule has 118 valence electrons. The van der Waals surface area contributed by atoms with E-state index in [0.717, 1.165) is 37.8 Å². The van der Waals surface area contributed by atoms with Crippen LogP contribution in [0.5, 0.6) is 0 Å². The SMILES string of the molecule is O=C(Nc1cc(Cl)cc(S(=O)(=O)O)c1)NC1CCCCC1.[NaH]. The maximum absolute atomic E-state index is 11.9. The minimum atomic E-state index is -4.37. The summed E-state index contributed by atoms with van der Waals surface area (Å²) < 4.78 is 31.2. The Morgan fingerprint density at radius 2 is 1.82 bits per heavy atom. The Kier molecular flexibility index (Phi) is 7.64. The summed E-state index contributed by atoms with van der Waals surface area (Å²) in [5.74, 6) is 0. The molecule has 6 nitrogen and oxygen atoms in total. The van der Waals surface area contributed by atoms with Crippen LogP contribution in [0, 0.1) is 0 Å². The molecule has 9 heteroatoms. The van der Waals surface area contributed by atoms with Gasteiger partial charge in [0.2, 0.25) is 0 Å². The number of nitrogens with one attached hydrogen (secondary N) is 2. The summed E-state index contributed by atoms with van der Waals surface area (Å²) in [6.45, 7) is 0. The van der Waals surface area contributed by atoms with Crippen molar-refractivity contribution in [3.63, 3.8) is 0 Å². The van der Waals surface area contributed by atoms with Gasteiger partial charge in [0.15, 0.2) is 0 Å². The Bertz CT molecular complexity index is 633. The summed E-state index contributed by atoms with van der Waals surface area (Å²) in [6.07, 6.45) is 5.26. The van der Waals surface area contributed by atoms with Crippen molar-refractivity contribution in [3.8, 4) is 0 Å². The number of rotatable bonds is 3. The van der Waals surface area contributed by atoms with Gasteiger partial charge in [0.25, 0.3) is 10.1 Å². The second-order valence-electron chi connectivity index (χ2n) is 5.08. The number of hydrogen-bond donors (Lipinski definition) is 3. The van der Waals surface area contributed by atoms with Crippen molar-refractivity contribution in [1.29, 1.82) is 0 Å². The average molecular weight is 357 g/mol. The molecule has 1 fully saturated rings. The van der Waals surface area contributed by atoms with Gasteiger partial charge in [-0.15, -0.1) is 0 Å². The van der Waals surface area contributed by atoms with Gasteiger partial charge in [-0.1, -0.05) is 30.9 Å². The number of halogens is 1. The molecule has 0 aliphatic heterocycles. The molecule has 0 bridgehead atoms. The standard InChI is InChI=1S/C13H17ClN2O4S.Na.H/c14-9-6-11(8-12(7-9)21(18,19)20)16-13(17)15-10-4-2-1-3-5-10;;/h6-8,10H,1-5H2,(H2,15,16,17)(H,18,19,20);;. The number of urea groups is 1. The van der Waals surface area contributed by atoms with Crippen LogP contribution < -0.4 is 10.6 Å². The van der Waals surface area contributed by atoms with Crippen molar-refractivity contribution in [2.24, 2.45) is 0 Å². The van der Waals surface area contributed by atoms with Gasteiger partial charge < -0.3 is 10.6 Å². The zero-order chi connectivity index (χ0) is 15.5. The average Bonchev–Trinajstić information content (AvgIpc) is 2.37. The predicted octanol–water partition coefficient (Wildman–Crippen LogP) is 2.39. The summed E-state index contributed by atoms with van der Waals surface area (Å²) in [7, 11) is -4.37. The van der Waals surface area contributed by atoms with Gasteiger partial charge in [-0.3, -0.25) is 4.55 Å². The molecule has 2 amide bonds. The van der Waals surface area contributed by atoms with E-state index in [1.807, 2.05) is 0 Å². The van der Waals surface area contributed by atoms with Crippen LogP contribution in [0.1, 0.15) is 32.1 Å². The van der Waals surface area contributed by atoms with Crippen molar-refractivity contribution in [3.05, 3.63) is 23.2 Å². The summed E-state index contributed by atoms with van der Waals surface area (Å²) >= 11 is 5.78. The van der Waals surface area contributed by atoms with Gasteiger partial charge in [-0.25, -0.2) is 4.79 Å². The molecule has 3 N–H and O–H groups in total. The fraction of sp³-hybridized carbons (Fsp3) is 0.462. The Labute approximate surface area is 157 Å².